The van der Waals surface area contributed by atoms with E-state index in [-0.39, 0.29) is 30.4 Å². The van der Waals surface area contributed by atoms with Crippen LogP contribution in [0.2, 0.25) is 0 Å². The lowest BCUT2D eigenvalue weighted by molar-refractivity contribution is -0.137. The SMILES string of the molecule is COCc1c(C(=O)NC2C3CC4CC2CC(OC(N)=O)(C4)C3)cnn1C=CC(C)(C)NC(=O)OC. The molecule has 4 aliphatic carbocycles. The smallest absolute Gasteiger partial charge is 0.407 e. The van der Waals surface area contributed by atoms with E-state index >= 15 is 0 Å². The van der Waals surface area contributed by atoms with Gasteiger partial charge in [-0.2, -0.15) is 5.10 Å². The Balaban J connectivity index is 1.49. The minimum Gasteiger partial charge on any atom is -0.453 e. The molecule has 2 atom stereocenters. The van der Waals surface area contributed by atoms with Crippen LogP contribution in [0, 0.1) is 17.8 Å². The van der Waals surface area contributed by atoms with E-state index in [0.717, 1.165) is 32.1 Å². The number of nitrogens with one attached hydrogen (secondary N) is 2. The highest BCUT2D eigenvalue weighted by atomic mass is 16.6. The molecule has 0 aromatic carbocycles. The Labute approximate surface area is 204 Å². The van der Waals surface area contributed by atoms with Gasteiger partial charge in [-0.3, -0.25) is 4.79 Å². The van der Waals surface area contributed by atoms with Crippen molar-refractivity contribution in [1.29, 1.82) is 0 Å². The van der Waals surface area contributed by atoms with Gasteiger partial charge in [-0.05, 0) is 69.8 Å². The summed E-state index contributed by atoms with van der Waals surface area (Å²) in [5.74, 6) is 0.788. The topological polar surface area (TPSA) is 147 Å². The van der Waals surface area contributed by atoms with E-state index in [1.54, 1.807) is 24.1 Å². The van der Waals surface area contributed by atoms with E-state index in [9.17, 15) is 14.4 Å². The molecule has 3 amide bonds. The van der Waals surface area contributed by atoms with Gasteiger partial charge < -0.3 is 30.6 Å². The van der Waals surface area contributed by atoms with Crippen LogP contribution < -0.4 is 16.4 Å². The highest BCUT2D eigenvalue weighted by Gasteiger charge is 2.57. The molecule has 4 bridgehead atoms. The van der Waals surface area contributed by atoms with Crippen LogP contribution in [0.3, 0.4) is 0 Å². The average Bonchev–Trinajstić information content (AvgIpc) is 3.16. The fraction of sp³-hybridized carbons (Fsp3) is 0.667. The maximum Gasteiger partial charge on any atom is 0.407 e. The van der Waals surface area contributed by atoms with Crippen molar-refractivity contribution in [1.82, 2.24) is 20.4 Å². The fourth-order valence-electron chi connectivity index (χ4n) is 6.35. The number of carbonyl (C=O) groups excluding carboxylic acids is 3. The summed E-state index contributed by atoms with van der Waals surface area (Å²) in [7, 11) is 2.86. The van der Waals surface area contributed by atoms with Crippen molar-refractivity contribution in [3.05, 3.63) is 23.5 Å². The number of rotatable bonds is 8. The average molecular weight is 490 g/mol. The van der Waals surface area contributed by atoms with E-state index < -0.39 is 23.3 Å². The molecule has 0 radical (unpaired) electrons. The summed E-state index contributed by atoms with van der Waals surface area (Å²) in [4.78, 5) is 36.4. The molecule has 4 fully saturated rings. The Bertz CT molecular complexity index is 1000. The van der Waals surface area contributed by atoms with Crippen LogP contribution in [-0.2, 0) is 20.8 Å². The molecule has 0 spiro atoms. The number of carbonyl (C=O) groups is 3. The zero-order valence-corrected chi connectivity index (χ0v) is 20.7. The molecule has 11 nitrogen and oxygen atoms in total. The summed E-state index contributed by atoms with van der Waals surface area (Å²) in [6, 6.07) is 0.0149. The summed E-state index contributed by atoms with van der Waals surface area (Å²) >= 11 is 0. The van der Waals surface area contributed by atoms with Crippen LogP contribution in [0.1, 0.15) is 62.0 Å². The van der Waals surface area contributed by atoms with Gasteiger partial charge in [0.1, 0.15) is 5.60 Å². The summed E-state index contributed by atoms with van der Waals surface area (Å²) < 4.78 is 17.2. The van der Waals surface area contributed by atoms with Gasteiger partial charge in [-0.15, -0.1) is 0 Å². The first kappa shape index (κ1) is 25.0. The molecule has 1 aromatic heterocycles. The minimum absolute atomic E-state index is 0.0149. The fourth-order valence-corrected chi connectivity index (χ4v) is 6.35. The Morgan fingerprint density at radius 3 is 2.51 bits per heavy atom. The van der Waals surface area contributed by atoms with Crippen molar-refractivity contribution in [2.45, 2.75) is 69.7 Å². The summed E-state index contributed by atoms with van der Waals surface area (Å²) in [5.41, 5.74) is 5.21. The first-order chi connectivity index (χ1) is 16.5. The first-order valence-electron chi connectivity index (χ1n) is 11.9. The Kier molecular flexibility index (Phi) is 6.81. The van der Waals surface area contributed by atoms with Gasteiger partial charge in [0.15, 0.2) is 0 Å². The lowest BCUT2D eigenvalue weighted by Gasteiger charge is -2.58. The zero-order valence-electron chi connectivity index (χ0n) is 20.7. The quantitative estimate of drug-likeness (QED) is 0.508. The standard InChI is InChI=1S/C24H35N5O6/c1-23(2,28-22(32)34-4)5-6-29-18(13-33-3)17(12-26-29)20(30)27-19-15-7-14-8-16(19)11-24(9-14,10-15)35-21(25)31/h5-6,12,14-16,19H,7-11,13H2,1-4H3,(H2,25,31)(H,27,30)(H,28,32). The number of amides is 3. The molecular formula is C24H35N5O6. The van der Waals surface area contributed by atoms with Crippen molar-refractivity contribution in [2.75, 3.05) is 14.2 Å². The van der Waals surface area contributed by atoms with Crippen molar-refractivity contribution in [2.24, 2.45) is 23.5 Å². The third-order valence-electron chi connectivity index (χ3n) is 7.50. The molecule has 1 aromatic rings. The summed E-state index contributed by atoms with van der Waals surface area (Å²) in [5, 5.41) is 10.3. The highest BCUT2D eigenvalue weighted by Crippen LogP contribution is 2.57. The second kappa shape index (κ2) is 9.52. The molecule has 2 unspecified atom stereocenters. The van der Waals surface area contributed by atoms with E-state index in [2.05, 4.69) is 20.5 Å². The van der Waals surface area contributed by atoms with Crippen LogP contribution in [0.15, 0.2) is 12.3 Å². The molecule has 11 heteroatoms. The molecule has 1 heterocycles. The number of ether oxygens (including phenoxy) is 3. The number of nitrogens with two attached hydrogens (primary N) is 1. The van der Waals surface area contributed by atoms with Crippen molar-refractivity contribution in [3.63, 3.8) is 0 Å². The summed E-state index contributed by atoms with van der Waals surface area (Å²) in [6.07, 6.45) is 8.05. The van der Waals surface area contributed by atoms with Crippen molar-refractivity contribution >= 4 is 24.3 Å². The number of hydrogen-bond acceptors (Lipinski definition) is 7. The third-order valence-corrected chi connectivity index (χ3v) is 7.50. The second-order valence-corrected chi connectivity index (χ2v) is 10.6. The van der Waals surface area contributed by atoms with E-state index in [0.29, 0.717) is 17.2 Å². The van der Waals surface area contributed by atoms with Crippen molar-refractivity contribution in [3.8, 4) is 0 Å². The van der Waals surface area contributed by atoms with E-state index in [1.807, 2.05) is 13.8 Å². The molecule has 4 aliphatic rings. The first-order valence-corrected chi connectivity index (χ1v) is 11.9. The Morgan fingerprint density at radius 1 is 1.23 bits per heavy atom. The molecule has 35 heavy (non-hydrogen) atoms. The molecule has 192 valence electrons. The van der Waals surface area contributed by atoms with Crippen LogP contribution >= 0.6 is 0 Å². The number of aromatic nitrogens is 2. The van der Waals surface area contributed by atoms with Gasteiger partial charge in [0.25, 0.3) is 5.91 Å². The maximum absolute atomic E-state index is 13.4. The number of primary amides is 1. The molecular weight excluding hydrogens is 454 g/mol. The predicted octanol–water partition coefficient (Wildman–Crippen LogP) is 2.41. The molecule has 4 saturated carbocycles. The Hall–Kier alpha value is -3.08. The minimum atomic E-state index is -0.720. The van der Waals surface area contributed by atoms with Crippen LogP contribution in [0.25, 0.3) is 6.20 Å². The van der Waals surface area contributed by atoms with Gasteiger partial charge in [-0.1, -0.05) is 0 Å². The molecule has 4 N–H and O–H groups in total. The monoisotopic (exact) mass is 489 g/mol. The highest BCUT2D eigenvalue weighted by molar-refractivity contribution is 5.95. The molecule has 0 saturated heterocycles. The van der Waals surface area contributed by atoms with Gasteiger partial charge in [0.05, 0.1) is 36.7 Å². The van der Waals surface area contributed by atoms with Gasteiger partial charge >= 0.3 is 12.2 Å². The van der Waals surface area contributed by atoms with Crippen LogP contribution in [-0.4, -0.2) is 59.3 Å². The number of nitrogens with zero attached hydrogens (tertiary/aromatic N) is 2. The normalized spacial score (nSPS) is 29.3. The number of alkyl carbamates (subject to hydrolysis) is 1. The lowest BCUT2D eigenvalue weighted by Crippen LogP contribution is -2.63. The lowest BCUT2D eigenvalue weighted by atomic mass is 9.52. The third kappa shape index (κ3) is 5.29. The zero-order chi connectivity index (χ0) is 25.4. The van der Waals surface area contributed by atoms with E-state index in [1.165, 1.54) is 13.3 Å². The van der Waals surface area contributed by atoms with Gasteiger partial charge in [0, 0.05) is 19.4 Å². The number of hydrogen-bond donors (Lipinski definition) is 3. The second-order valence-electron chi connectivity index (χ2n) is 10.6. The predicted molar refractivity (Wildman–Crippen MR) is 126 cm³/mol. The largest absolute Gasteiger partial charge is 0.453 e. The Morgan fingerprint density at radius 2 is 1.91 bits per heavy atom. The van der Waals surface area contributed by atoms with Crippen LogP contribution in [0.4, 0.5) is 9.59 Å². The molecule has 5 rings (SSSR count). The summed E-state index contributed by atoms with van der Waals surface area (Å²) in [6.45, 7) is 3.82. The van der Waals surface area contributed by atoms with Gasteiger partial charge in [-0.25, -0.2) is 14.3 Å². The number of methoxy groups -OCH3 is 2. The maximum atomic E-state index is 13.4. The van der Waals surface area contributed by atoms with Gasteiger partial charge in [0.2, 0.25) is 0 Å². The van der Waals surface area contributed by atoms with E-state index in [4.69, 9.17) is 15.2 Å². The van der Waals surface area contributed by atoms with Crippen LogP contribution in [0.5, 0.6) is 0 Å². The molecule has 0 aliphatic heterocycles. The van der Waals surface area contributed by atoms with Crippen molar-refractivity contribution < 1.29 is 28.6 Å².